The monoisotopic (exact) mass is 326 g/mol. The molecule has 0 aromatic heterocycles. The number of carbonyl (C=O) groups excluding carboxylic acids is 1. The molecule has 19 heavy (non-hydrogen) atoms. The van der Waals surface area contributed by atoms with Gasteiger partial charge in [-0.1, -0.05) is 55.3 Å². The standard InChI is InChI=1S/C15H23BrN2O/c1-4-10(3)14(17)15(19)18-13(5-2)11-6-8-12(16)9-7-11/h6-10,13-14H,4-5,17H2,1-3H3,(H,18,19)/t10-,13?,14-/m0/s1. The second kappa shape index (κ2) is 7.65. The molecule has 1 unspecified atom stereocenters. The van der Waals surface area contributed by atoms with E-state index in [9.17, 15) is 4.79 Å². The zero-order valence-corrected chi connectivity index (χ0v) is 13.4. The van der Waals surface area contributed by atoms with Crippen molar-refractivity contribution in [1.29, 1.82) is 0 Å². The Labute approximate surface area is 124 Å². The van der Waals surface area contributed by atoms with Gasteiger partial charge in [-0.2, -0.15) is 0 Å². The zero-order valence-electron chi connectivity index (χ0n) is 11.8. The molecule has 0 bridgehead atoms. The quantitative estimate of drug-likeness (QED) is 0.841. The molecule has 1 amide bonds. The molecule has 0 spiro atoms. The summed E-state index contributed by atoms with van der Waals surface area (Å²) >= 11 is 3.41. The van der Waals surface area contributed by atoms with Gasteiger partial charge >= 0.3 is 0 Å². The Balaban J connectivity index is 2.72. The summed E-state index contributed by atoms with van der Waals surface area (Å²) < 4.78 is 1.04. The van der Waals surface area contributed by atoms with Gasteiger partial charge in [0.25, 0.3) is 0 Å². The van der Waals surface area contributed by atoms with E-state index in [1.54, 1.807) is 0 Å². The number of hydrogen-bond donors (Lipinski definition) is 2. The number of halogens is 1. The van der Waals surface area contributed by atoms with E-state index in [1.807, 2.05) is 38.1 Å². The topological polar surface area (TPSA) is 55.1 Å². The molecule has 1 aromatic carbocycles. The van der Waals surface area contributed by atoms with E-state index in [-0.39, 0.29) is 17.9 Å². The molecule has 0 aliphatic heterocycles. The smallest absolute Gasteiger partial charge is 0.237 e. The lowest BCUT2D eigenvalue weighted by Crippen LogP contribution is -2.45. The first-order chi connectivity index (χ1) is 8.99. The zero-order chi connectivity index (χ0) is 14.4. The fourth-order valence-corrected chi connectivity index (χ4v) is 2.16. The van der Waals surface area contributed by atoms with Crippen LogP contribution in [-0.2, 0) is 4.79 Å². The molecule has 0 radical (unpaired) electrons. The number of benzene rings is 1. The van der Waals surface area contributed by atoms with Crippen molar-refractivity contribution in [2.24, 2.45) is 11.7 Å². The molecule has 0 aliphatic carbocycles. The van der Waals surface area contributed by atoms with Gasteiger partial charge in [0.15, 0.2) is 0 Å². The first-order valence-electron chi connectivity index (χ1n) is 6.81. The van der Waals surface area contributed by atoms with Crippen LogP contribution in [0.15, 0.2) is 28.7 Å². The highest BCUT2D eigenvalue weighted by atomic mass is 79.9. The van der Waals surface area contributed by atoms with Crippen LogP contribution < -0.4 is 11.1 Å². The third-order valence-electron chi connectivity index (χ3n) is 3.56. The van der Waals surface area contributed by atoms with Crippen LogP contribution in [0.1, 0.15) is 45.2 Å². The summed E-state index contributed by atoms with van der Waals surface area (Å²) in [5.74, 6) is 0.131. The highest BCUT2D eigenvalue weighted by Gasteiger charge is 2.22. The summed E-state index contributed by atoms with van der Waals surface area (Å²) in [5.41, 5.74) is 7.06. The van der Waals surface area contributed by atoms with Gasteiger partial charge in [0, 0.05) is 4.47 Å². The van der Waals surface area contributed by atoms with Crippen molar-refractivity contribution in [1.82, 2.24) is 5.32 Å². The number of rotatable bonds is 6. The first kappa shape index (κ1) is 16.2. The van der Waals surface area contributed by atoms with Gasteiger partial charge in [-0.05, 0) is 30.0 Å². The summed E-state index contributed by atoms with van der Waals surface area (Å²) in [7, 11) is 0. The molecule has 3 N–H and O–H groups in total. The van der Waals surface area contributed by atoms with E-state index in [4.69, 9.17) is 5.73 Å². The van der Waals surface area contributed by atoms with E-state index in [0.717, 1.165) is 22.9 Å². The molecule has 106 valence electrons. The highest BCUT2D eigenvalue weighted by Crippen LogP contribution is 2.20. The Kier molecular flexibility index (Phi) is 6.52. The molecule has 0 saturated carbocycles. The molecule has 3 nitrogen and oxygen atoms in total. The summed E-state index contributed by atoms with van der Waals surface area (Å²) in [4.78, 5) is 12.1. The van der Waals surface area contributed by atoms with Gasteiger partial charge in [0.1, 0.15) is 0 Å². The highest BCUT2D eigenvalue weighted by molar-refractivity contribution is 9.10. The first-order valence-corrected chi connectivity index (χ1v) is 7.60. The largest absolute Gasteiger partial charge is 0.348 e. The Morgan fingerprint density at radius 3 is 2.32 bits per heavy atom. The molecule has 0 heterocycles. The van der Waals surface area contributed by atoms with E-state index in [2.05, 4.69) is 28.2 Å². The summed E-state index contributed by atoms with van der Waals surface area (Å²) in [6.07, 6.45) is 1.75. The Morgan fingerprint density at radius 2 is 1.84 bits per heavy atom. The van der Waals surface area contributed by atoms with Crippen LogP contribution in [0.25, 0.3) is 0 Å². The third kappa shape index (κ3) is 4.62. The molecule has 1 aromatic rings. The molecule has 0 aliphatic rings. The van der Waals surface area contributed by atoms with Crippen molar-refractivity contribution in [2.45, 2.75) is 45.7 Å². The van der Waals surface area contributed by atoms with Gasteiger partial charge in [-0.3, -0.25) is 4.79 Å². The lowest BCUT2D eigenvalue weighted by Gasteiger charge is -2.23. The van der Waals surface area contributed by atoms with Gasteiger partial charge < -0.3 is 11.1 Å². The van der Waals surface area contributed by atoms with Crippen molar-refractivity contribution in [3.8, 4) is 0 Å². The minimum absolute atomic E-state index is 0.0238. The van der Waals surface area contributed by atoms with Gasteiger partial charge in [0.05, 0.1) is 12.1 Å². The van der Waals surface area contributed by atoms with Crippen LogP contribution in [0.5, 0.6) is 0 Å². The molecule has 0 fully saturated rings. The van der Waals surface area contributed by atoms with Gasteiger partial charge in [-0.25, -0.2) is 0 Å². The molecule has 1 rings (SSSR count). The lowest BCUT2D eigenvalue weighted by atomic mass is 9.98. The molecule has 4 heteroatoms. The third-order valence-corrected chi connectivity index (χ3v) is 4.09. The van der Waals surface area contributed by atoms with Crippen LogP contribution in [-0.4, -0.2) is 11.9 Å². The van der Waals surface area contributed by atoms with E-state index in [0.29, 0.717) is 0 Å². The molecule has 0 saturated heterocycles. The fraction of sp³-hybridized carbons (Fsp3) is 0.533. The van der Waals surface area contributed by atoms with Crippen LogP contribution in [0.4, 0.5) is 0 Å². The maximum atomic E-state index is 12.1. The molecular formula is C15H23BrN2O. The number of hydrogen-bond acceptors (Lipinski definition) is 2. The number of nitrogens with two attached hydrogens (primary N) is 1. The average molecular weight is 327 g/mol. The Morgan fingerprint density at radius 1 is 1.26 bits per heavy atom. The van der Waals surface area contributed by atoms with Crippen molar-refractivity contribution >= 4 is 21.8 Å². The van der Waals surface area contributed by atoms with Crippen molar-refractivity contribution in [2.75, 3.05) is 0 Å². The second-order valence-corrected chi connectivity index (χ2v) is 5.85. The normalized spacial score (nSPS) is 15.6. The van der Waals surface area contributed by atoms with E-state index in [1.165, 1.54) is 0 Å². The predicted octanol–water partition coefficient (Wildman–Crippen LogP) is 3.39. The van der Waals surface area contributed by atoms with E-state index >= 15 is 0 Å². The number of amides is 1. The fourth-order valence-electron chi connectivity index (χ4n) is 1.90. The van der Waals surface area contributed by atoms with Gasteiger partial charge in [0.2, 0.25) is 5.91 Å². The maximum absolute atomic E-state index is 12.1. The summed E-state index contributed by atoms with van der Waals surface area (Å²) in [6.45, 7) is 6.11. The minimum Gasteiger partial charge on any atom is -0.348 e. The van der Waals surface area contributed by atoms with Gasteiger partial charge in [-0.15, -0.1) is 0 Å². The molecular weight excluding hydrogens is 304 g/mol. The predicted molar refractivity (Wildman–Crippen MR) is 82.7 cm³/mol. The van der Waals surface area contributed by atoms with Crippen LogP contribution in [0.2, 0.25) is 0 Å². The summed E-state index contributed by atoms with van der Waals surface area (Å²) in [5, 5.41) is 3.04. The average Bonchev–Trinajstić information content (AvgIpc) is 2.43. The number of nitrogens with one attached hydrogen (secondary N) is 1. The van der Waals surface area contributed by atoms with E-state index < -0.39 is 6.04 Å². The Bertz CT molecular complexity index is 405. The molecule has 3 atom stereocenters. The minimum atomic E-state index is -0.436. The maximum Gasteiger partial charge on any atom is 0.237 e. The second-order valence-electron chi connectivity index (χ2n) is 4.93. The number of carbonyl (C=O) groups is 1. The Hall–Kier alpha value is -0.870. The summed E-state index contributed by atoms with van der Waals surface area (Å²) in [6, 6.07) is 7.60. The SMILES string of the molecule is CCC(NC(=O)[C@@H](N)[C@@H](C)CC)c1ccc(Br)cc1. The van der Waals surface area contributed by atoms with Crippen molar-refractivity contribution in [3.63, 3.8) is 0 Å². The van der Waals surface area contributed by atoms with Crippen molar-refractivity contribution in [3.05, 3.63) is 34.3 Å². The lowest BCUT2D eigenvalue weighted by molar-refractivity contribution is -0.124. The van der Waals surface area contributed by atoms with Crippen LogP contribution in [0.3, 0.4) is 0 Å². The van der Waals surface area contributed by atoms with Crippen LogP contribution >= 0.6 is 15.9 Å². The van der Waals surface area contributed by atoms with Crippen molar-refractivity contribution < 1.29 is 4.79 Å². The van der Waals surface area contributed by atoms with Crippen LogP contribution in [0, 0.1) is 5.92 Å².